The first kappa shape index (κ1) is 13.4. The third kappa shape index (κ3) is 2.86. The Balaban J connectivity index is 1.99. The molecular formula is C14H18N2OS. The van der Waals surface area contributed by atoms with E-state index in [-0.39, 0.29) is 0 Å². The minimum Gasteiger partial charge on any atom is -0.379 e. The summed E-state index contributed by atoms with van der Waals surface area (Å²) in [7, 11) is 1.85. The molecule has 0 spiro atoms. The van der Waals surface area contributed by atoms with E-state index in [4.69, 9.17) is 4.74 Å². The zero-order valence-electron chi connectivity index (χ0n) is 10.6. The standard InChI is InChI=1S/C14H18N2OS/c1-16-14(11-15,12-5-3-2-4-6-12)7-8-18-13-9-17-10-13/h2-6,13,16H,7-10H2,1H3. The maximum atomic E-state index is 9.52. The Bertz CT molecular complexity index is 414. The van der Waals surface area contributed by atoms with Crippen LogP contribution in [0.5, 0.6) is 0 Å². The molecule has 2 rings (SSSR count). The van der Waals surface area contributed by atoms with E-state index in [0.717, 1.165) is 31.0 Å². The van der Waals surface area contributed by atoms with Crippen LogP contribution in [0.15, 0.2) is 30.3 Å². The first-order valence-electron chi connectivity index (χ1n) is 6.16. The summed E-state index contributed by atoms with van der Waals surface area (Å²) in [6, 6.07) is 12.4. The normalized spacial score (nSPS) is 18.7. The number of nitriles is 1. The quantitative estimate of drug-likeness (QED) is 0.853. The number of nitrogens with one attached hydrogen (secondary N) is 1. The molecule has 1 aromatic carbocycles. The second-order valence-corrected chi connectivity index (χ2v) is 5.82. The molecule has 1 heterocycles. The minimum absolute atomic E-state index is 0.571. The summed E-state index contributed by atoms with van der Waals surface area (Å²) in [4.78, 5) is 0. The number of hydrogen-bond donors (Lipinski definition) is 1. The lowest BCUT2D eigenvalue weighted by atomic mass is 9.89. The van der Waals surface area contributed by atoms with Gasteiger partial charge in [-0.2, -0.15) is 17.0 Å². The maximum Gasteiger partial charge on any atom is 0.132 e. The van der Waals surface area contributed by atoms with Gasteiger partial charge in [0.05, 0.1) is 24.5 Å². The lowest BCUT2D eigenvalue weighted by molar-refractivity contribution is 0.0455. The lowest BCUT2D eigenvalue weighted by Crippen LogP contribution is -2.39. The smallest absolute Gasteiger partial charge is 0.132 e. The van der Waals surface area contributed by atoms with E-state index in [1.807, 2.05) is 49.1 Å². The highest BCUT2D eigenvalue weighted by atomic mass is 32.2. The van der Waals surface area contributed by atoms with Crippen molar-refractivity contribution < 1.29 is 4.74 Å². The van der Waals surface area contributed by atoms with Crippen LogP contribution in [-0.4, -0.2) is 31.3 Å². The van der Waals surface area contributed by atoms with Crippen LogP contribution in [0.2, 0.25) is 0 Å². The Morgan fingerprint density at radius 3 is 2.67 bits per heavy atom. The van der Waals surface area contributed by atoms with Gasteiger partial charge in [-0.1, -0.05) is 30.3 Å². The molecule has 18 heavy (non-hydrogen) atoms. The van der Waals surface area contributed by atoms with Crippen molar-refractivity contribution in [3.05, 3.63) is 35.9 Å². The highest BCUT2D eigenvalue weighted by Crippen LogP contribution is 2.28. The van der Waals surface area contributed by atoms with Crippen molar-refractivity contribution in [3.8, 4) is 6.07 Å². The molecule has 1 saturated heterocycles. The number of thioether (sulfide) groups is 1. The van der Waals surface area contributed by atoms with Crippen LogP contribution in [-0.2, 0) is 10.3 Å². The van der Waals surface area contributed by atoms with Gasteiger partial charge >= 0.3 is 0 Å². The summed E-state index contributed by atoms with van der Waals surface area (Å²) in [6.07, 6.45) is 0.811. The molecule has 3 nitrogen and oxygen atoms in total. The highest BCUT2D eigenvalue weighted by Gasteiger charge is 2.30. The molecule has 1 atom stereocenters. The van der Waals surface area contributed by atoms with Crippen LogP contribution in [0.25, 0.3) is 0 Å². The van der Waals surface area contributed by atoms with Gasteiger partial charge in [0.2, 0.25) is 0 Å². The van der Waals surface area contributed by atoms with Crippen molar-refractivity contribution in [2.45, 2.75) is 17.2 Å². The van der Waals surface area contributed by atoms with Crippen molar-refractivity contribution in [1.82, 2.24) is 5.32 Å². The zero-order chi connectivity index (χ0) is 12.8. The summed E-state index contributed by atoms with van der Waals surface area (Å²) in [6.45, 7) is 1.71. The van der Waals surface area contributed by atoms with Crippen LogP contribution in [0.1, 0.15) is 12.0 Å². The fraction of sp³-hybridized carbons (Fsp3) is 0.500. The number of benzene rings is 1. The fourth-order valence-corrected chi connectivity index (χ4v) is 3.14. The van der Waals surface area contributed by atoms with Gasteiger partial charge in [-0.15, -0.1) is 0 Å². The minimum atomic E-state index is -0.571. The molecular weight excluding hydrogens is 244 g/mol. The summed E-state index contributed by atoms with van der Waals surface area (Å²) in [5.41, 5.74) is 0.472. The Hall–Kier alpha value is -1.02. The molecule has 1 unspecified atom stereocenters. The van der Waals surface area contributed by atoms with Gasteiger partial charge in [-0.3, -0.25) is 5.32 Å². The van der Waals surface area contributed by atoms with E-state index in [2.05, 4.69) is 11.4 Å². The predicted molar refractivity (Wildman–Crippen MR) is 74.5 cm³/mol. The van der Waals surface area contributed by atoms with Crippen LogP contribution in [0.3, 0.4) is 0 Å². The second-order valence-electron chi connectivity index (χ2n) is 4.41. The summed E-state index contributed by atoms with van der Waals surface area (Å²) in [5, 5.41) is 13.3. The largest absolute Gasteiger partial charge is 0.379 e. The second kappa shape index (κ2) is 6.24. The van der Waals surface area contributed by atoms with Gasteiger partial charge in [0.15, 0.2) is 0 Å². The van der Waals surface area contributed by atoms with Crippen molar-refractivity contribution >= 4 is 11.8 Å². The van der Waals surface area contributed by atoms with E-state index >= 15 is 0 Å². The molecule has 0 radical (unpaired) electrons. The first-order chi connectivity index (χ1) is 8.80. The average Bonchev–Trinajstić information content (AvgIpc) is 2.39. The lowest BCUT2D eigenvalue weighted by Gasteiger charge is -2.29. The van der Waals surface area contributed by atoms with Gasteiger partial charge in [0, 0.05) is 0 Å². The van der Waals surface area contributed by atoms with E-state index in [9.17, 15) is 5.26 Å². The van der Waals surface area contributed by atoms with Crippen molar-refractivity contribution in [1.29, 1.82) is 5.26 Å². The third-order valence-corrected chi connectivity index (χ3v) is 4.51. The first-order valence-corrected chi connectivity index (χ1v) is 7.20. The molecule has 0 aliphatic carbocycles. The number of ether oxygens (including phenoxy) is 1. The number of rotatable bonds is 6. The molecule has 4 heteroatoms. The maximum absolute atomic E-state index is 9.52. The van der Waals surface area contributed by atoms with Crippen molar-refractivity contribution in [2.75, 3.05) is 26.0 Å². The Kier molecular flexibility index (Phi) is 4.65. The topological polar surface area (TPSA) is 45.0 Å². The molecule has 1 N–H and O–H groups in total. The number of hydrogen-bond acceptors (Lipinski definition) is 4. The predicted octanol–water partition coefficient (Wildman–Crippen LogP) is 2.15. The van der Waals surface area contributed by atoms with Crippen molar-refractivity contribution in [2.24, 2.45) is 0 Å². The van der Waals surface area contributed by atoms with E-state index in [1.54, 1.807) is 0 Å². The van der Waals surface area contributed by atoms with Gasteiger partial charge in [0.1, 0.15) is 5.54 Å². The van der Waals surface area contributed by atoms with Crippen LogP contribution < -0.4 is 5.32 Å². The molecule has 1 aromatic rings. The summed E-state index contributed by atoms with van der Waals surface area (Å²) >= 11 is 1.90. The Labute approximate surface area is 113 Å². The number of nitrogens with zero attached hydrogens (tertiary/aromatic N) is 1. The summed E-state index contributed by atoms with van der Waals surface area (Å²) in [5.74, 6) is 0.970. The van der Waals surface area contributed by atoms with Crippen LogP contribution in [0, 0.1) is 11.3 Å². The Morgan fingerprint density at radius 1 is 1.44 bits per heavy atom. The zero-order valence-corrected chi connectivity index (χ0v) is 11.4. The third-order valence-electron chi connectivity index (χ3n) is 3.32. The molecule has 1 fully saturated rings. The SMILES string of the molecule is CNC(C#N)(CCSC1COC1)c1ccccc1. The molecule has 0 amide bonds. The molecule has 96 valence electrons. The molecule has 0 saturated carbocycles. The van der Waals surface area contributed by atoms with Crippen LogP contribution >= 0.6 is 11.8 Å². The van der Waals surface area contributed by atoms with E-state index in [1.165, 1.54) is 0 Å². The molecule has 0 aromatic heterocycles. The average molecular weight is 262 g/mol. The summed E-state index contributed by atoms with van der Waals surface area (Å²) < 4.78 is 5.15. The van der Waals surface area contributed by atoms with E-state index in [0.29, 0.717) is 5.25 Å². The van der Waals surface area contributed by atoms with Gasteiger partial charge in [0.25, 0.3) is 0 Å². The fourth-order valence-electron chi connectivity index (χ4n) is 2.00. The Morgan fingerprint density at radius 2 is 2.17 bits per heavy atom. The van der Waals surface area contributed by atoms with Gasteiger partial charge in [-0.05, 0) is 24.8 Å². The van der Waals surface area contributed by atoms with Gasteiger partial charge in [-0.25, -0.2) is 0 Å². The van der Waals surface area contributed by atoms with E-state index < -0.39 is 5.54 Å². The van der Waals surface area contributed by atoms with Crippen LogP contribution in [0.4, 0.5) is 0 Å². The molecule has 0 bridgehead atoms. The highest BCUT2D eigenvalue weighted by molar-refractivity contribution is 8.00. The molecule has 1 aliphatic heterocycles. The monoisotopic (exact) mass is 262 g/mol. The molecule has 1 aliphatic rings. The van der Waals surface area contributed by atoms with Crippen molar-refractivity contribution in [3.63, 3.8) is 0 Å². The van der Waals surface area contributed by atoms with Gasteiger partial charge < -0.3 is 4.74 Å².